The Kier molecular flexibility index (Phi) is 3.43. The molecule has 1 heterocycles. The fourth-order valence-corrected chi connectivity index (χ4v) is 1.56. The number of rotatable bonds is 2. The van der Waals surface area contributed by atoms with Crippen molar-refractivity contribution in [3.05, 3.63) is 52.8 Å². The molecule has 2 rings (SSSR count). The molecule has 86 valence electrons. The molecule has 0 saturated carbocycles. The number of carbonyl (C=O) groups excluding carboxylic acids is 1. The van der Waals surface area contributed by atoms with Gasteiger partial charge in [0.25, 0.3) is 5.91 Å². The molecule has 0 aliphatic carbocycles. The average molecular weight is 296 g/mol. The highest BCUT2D eigenvalue weighted by molar-refractivity contribution is 9.10. The molecule has 0 unspecified atom stereocenters. The Labute approximate surface area is 105 Å². The lowest BCUT2D eigenvalue weighted by Gasteiger charge is -2.05. The molecule has 0 spiro atoms. The van der Waals surface area contributed by atoms with Gasteiger partial charge in [0.15, 0.2) is 0 Å². The first-order valence-corrected chi connectivity index (χ1v) is 5.48. The van der Waals surface area contributed by atoms with E-state index in [0.29, 0.717) is 4.47 Å². The maximum absolute atomic E-state index is 13.4. The van der Waals surface area contributed by atoms with E-state index >= 15 is 0 Å². The van der Waals surface area contributed by atoms with Crippen LogP contribution in [0.15, 0.2) is 41.3 Å². The molecule has 1 N–H and O–H groups in total. The summed E-state index contributed by atoms with van der Waals surface area (Å²) in [6.45, 7) is 0. The van der Waals surface area contributed by atoms with Gasteiger partial charge in [-0.05, 0) is 18.2 Å². The average Bonchev–Trinajstić information content (AvgIpc) is 2.35. The zero-order chi connectivity index (χ0) is 12.3. The van der Waals surface area contributed by atoms with Crippen LogP contribution in [0.2, 0.25) is 0 Å². The van der Waals surface area contributed by atoms with Crippen molar-refractivity contribution in [1.82, 2.24) is 9.97 Å². The van der Waals surface area contributed by atoms with Gasteiger partial charge in [0, 0.05) is 16.9 Å². The van der Waals surface area contributed by atoms with Gasteiger partial charge in [0.1, 0.15) is 11.5 Å². The second-order valence-corrected chi connectivity index (χ2v) is 4.08. The number of nitrogens with one attached hydrogen (secondary N) is 1. The normalized spacial score (nSPS) is 10.0. The minimum Gasteiger partial charge on any atom is -0.318 e. The molecule has 0 atom stereocenters. The highest BCUT2D eigenvalue weighted by atomic mass is 79.9. The SMILES string of the molecule is O=C(Nc1cc(Br)ccc1F)c1cnccn1. The Balaban J connectivity index is 2.22. The summed E-state index contributed by atoms with van der Waals surface area (Å²) in [6.07, 6.45) is 4.16. The fourth-order valence-electron chi connectivity index (χ4n) is 1.20. The smallest absolute Gasteiger partial charge is 0.275 e. The molecule has 1 aromatic heterocycles. The Morgan fingerprint density at radius 1 is 1.35 bits per heavy atom. The Morgan fingerprint density at radius 3 is 2.88 bits per heavy atom. The van der Waals surface area contributed by atoms with Crippen molar-refractivity contribution in [2.24, 2.45) is 0 Å². The molecule has 1 amide bonds. The summed E-state index contributed by atoms with van der Waals surface area (Å²) in [5, 5.41) is 2.42. The van der Waals surface area contributed by atoms with E-state index in [0.717, 1.165) is 0 Å². The second kappa shape index (κ2) is 5.01. The van der Waals surface area contributed by atoms with Gasteiger partial charge in [-0.15, -0.1) is 0 Å². The van der Waals surface area contributed by atoms with Gasteiger partial charge < -0.3 is 5.32 Å². The van der Waals surface area contributed by atoms with Gasteiger partial charge >= 0.3 is 0 Å². The predicted octanol–water partition coefficient (Wildman–Crippen LogP) is 2.63. The van der Waals surface area contributed by atoms with E-state index < -0.39 is 11.7 Å². The topological polar surface area (TPSA) is 54.9 Å². The van der Waals surface area contributed by atoms with Crippen LogP contribution in [0.1, 0.15) is 10.5 Å². The van der Waals surface area contributed by atoms with Crippen LogP contribution in [-0.2, 0) is 0 Å². The highest BCUT2D eigenvalue weighted by Gasteiger charge is 2.10. The maximum atomic E-state index is 13.4. The lowest BCUT2D eigenvalue weighted by Crippen LogP contribution is -2.14. The van der Waals surface area contributed by atoms with Gasteiger partial charge in [-0.25, -0.2) is 9.37 Å². The van der Waals surface area contributed by atoms with Gasteiger partial charge in [0.05, 0.1) is 11.9 Å². The Morgan fingerprint density at radius 2 is 2.18 bits per heavy atom. The number of nitrogens with zero attached hydrogens (tertiary/aromatic N) is 2. The standard InChI is InChI=1S/C11H7BrFN3O/c12-7-1-2-8(13)9(5-7)16-11(17)10-6-14-3-4-15-10/h1-6H,(H,16,17). The van der Waals surface area contributed by atoms with E-state index in [9.17, 15) is 9.18 Å². The summed E-state index contributed by atoms with van der Waals surface area (Å²) in [6, 6.07) is 4.29. The van der Waals surface area contributed by atoms with Crippen LogP contribution in [0.4, 0.5) is 10.1 Å². The number of benzene rings is 1. The zero-order valence-corrected chi connectivity index (χ0v) is 10.1. The molecule has 17 heavy (non-hydrogen) atoms. The number of anilines is 1. The van der Waals surface area contributed by atoms with Crippen LogP contribution in [-0.4, -0.2) is 15.9 Å². The quantitative estimate of drug-likeness (QED) is 0.927. The Bertz CT molecular complexity index is 548. The molecule has 2 aromatic rings. The summed E-state index contributed by atoms with van der Waals surface area (Å²) in [5.74, 6) is -1.01. The molecular formula is C11H7BrFN3O. The number of amides is 1. The van der Waals surface area contributed by atoms with Gasteiger partial charge in [-0.2, -0.15) is 0 Å². The van der Waals surface area contributed by atoms with Gasteiger partial charge in [0.2, 0.25) is 0 Å². The monoisotopic (exact) mass is 295 g/mol. The lowest BCUT2D eigenvalue weighted by molar-refractivity contribution is 0.102. The van der Waals surface area contributed by atoms with E-state index in [4.69, 9.17) is 0 Å². The Hall–Kier alpha value is -1.82. The minimum atomic E-state index is -0.509. The van der Waals surface area contributed by atoms with Crippen LogP contribution in [0.25, 0.3) is 0 Å². The van der Waals surface area contributed by atoms with Crippen LogP contribution >= 0.6 is 15.9 Å². The van der Waals surface area contributed by atoms with Crippen LogP contribution in [0, 0.1) is 5.82 Å². The summed E-state index contributed by atoms with van der Waals surface area (Å²) < 4.78 is 14.0. The first-order chi connectivity index (χ1) is 8.16. The maximum Gasteiger partial charge on any atom is 0.275 e. The summed E-state index contributed by atoms with van der Waals surface area (Å²) >= 11 is 3.20. The second-order valence-electron chi connectivity index (χ2n) is 3.17. The number of carbonyl (C=O) groups is 1. The molecule has 1 aromatic carbocycles. The molecule has 0 saturated heterocycles. The minimum absolute atomic E-state index is 0.0926. The van der Waals surface area contributed by atoms with E-state index in [1.807, 2.05) is 0 Å². The number of hydrogen-bond acceptors (Lipinski definition) is 3. The fraction of sp³-hybridized carbons (Fsp3) is 0. The highest BCUT2D eigenvalue weighted by Crippen LogP contribution is 2.20. The summed E-state index contributed by atoms with van der Waals surface area (Å²) in [4.78, 5) is 19.3. The third kappa shape index (κ3) is 2.85. The van der Waals surface area contributed by atoms with Crippen molar-refractivity contribution < 1.29 is 9.18 Å². The molecule has 4 nitrogen and oxygen atoms in total. The summed E-state index contributed by atoms with van der Waals surface area (Å²) in [7, 11) is 0. The molecule has 0 aliphatic heterocycles. The van der Waals surface area contributed by atoms with Crippen molar-refractivity contribution in [2.45, 2.75) is 0 Å². The van der Waals surface area contributed by atoms with Crippen molar-refractivity contribution in [3.63, 3.8) is 0 Å². The van der Waals surface area contributed by atoms with Gasteiger partial charge in [-0.1, -0.05) is 15.9 Å². The first kappa shape index (κ1) is 11.7. The predicted molar refractivity (Wildman–Crippen MR) is 64.1 cm³/mol. The largest absolute Gasteiger partial charge is 0.318 e. The third-order valence-corrected chi connectivity index (χ3v) is 2.47. The van der Waals surface area contributed by atoms with E-state index in [2.05, 4.69) is 31.2 Å². The van der Waals surface area contributed by atoms with E-state index in [-0.39, 0.29) is 11.4 Å². The van der Waals surface area contributed by atoms with Crippen LogP contribution in [0.3, 0.4) is 0 Å². The van der Waals surface area contributed by atoms with Crippen LogP contribution < -0.4 is 5.32 Å². The summed E-state index contributed by atoms with van der Waals surface area (Å²) in [5.41, 5.74) is 0.224. The van der Waals surface area contributed by atoms with Crippen molar-refractivity contribution >= 4 is 27.5 Å². The number of aromatic nitrogens is 2. The number of hydrogen-bond donors (Lipinski definition) is 1. The lowest BCUT2D eigenvalue weighted by atomic mass is 10.3. The third-order valence-electron chi connectivity index (χ3n) is 1.97. The molecule has 0 bridgehead atoms. The molecule has 6 heteroatoms. The molecule has 0 radical (unpaired) electrons. The van der Waals surface area contributed by atoms with Crippen molar-refractivity contribution in [2.75, 3.05) is 5.32 Å². The molecular weight excluding hydrogens is 289 g/mol. The number of halogens is 2. The van der Waals surface area contributed by atoms with E-state index in [1.165, 1.54) is 30.7 Å². The van der Waals surface area contributed by atoms with Crippen LogP contribution in [0.5, 0.6) is 0 Å². The van der Waals surface area contributed by atoms with Crippen molar-refractivity contribution in [3.8, 4) is 0 Å². The zero-order valence-electron chi connectivity index (χ0n) is 8.52. The van der Waals surface area contributed by atoms with E-state index in [1.54, 1.807) is 6.07 Å². The molecule has 0 aliphatic rings. The van der Waals surface area contributed by atoms with Gasteiger partial charge in [-0.3, -0.25) is 9.78 Å². The molecule has 0 fully saturated rings. The van der Waals surface area contributed by atoms with Crippen molar-refractivity contribution in [1.29, 1.82) is 0 Å². The first-order valence-electron chi connectivity index (χ1n) is 4.69.